The third-order valence-electron chi connectivity index (χ3n) is 5.29. The topological polar surface area (TPSA) is 58.4 Å². The zero-order chi connectivity index (χ0) is 26.8. The second kappa shape index (κ2) is 13.9. The van der Waals surface area contributed by atoms with Gasteiger partial charge < -0.3 is 15.8 Å². The molecule has 0 bridgehead atoms. The molecule has 196 valence electrons. The Morgan fingerprint density at radius 3 is 2.26 bits per heavy atom. The molecule has 1 heterocycles. The molecule has 1 saturated heterocycles. The highest BCUT2D eigenvalue weighted by Crippen LogP contribution is 2.32. The number of nitrogens with one attached hydrogen (secondary N) is 1. The second-order valence-electron chi connectivity index (χ2n) is 7.99. The largest absolute Gasteiger partial charge is 0.321 e. The highest BCUT2D eigenvalue weighted by molar-refractivity contribution is 7.80. The van der Waals surface area contributed by atoms with Crippen LogP contribution in [0.2, 0.25) is 0 Å². The van der Waals surface area contributed by atoms with E-state index in [-0.39, 0.29) is 17.5 Å². The Labute approximate surface area is 207 Å². The van der Waals surface area contributed by atoms with E-state index < -0.39 is 55.2 Å². The van der Waals surface area contributed by atoms with Gasteiger partial charge in [0.05, 0.1) is 25.7 Å². The molecule has 0 saturated carbocycles. The van der Waals surface area contributed by atoms with Crippen LogP contribution in [0, 0.1) is 11.6 Å². The normalized spacial score (nSPS) is 16.6. The summed E-state index contributed by atoms with van der Waals surface area (Å²) in [4.78, 5) is 8.94. The van der Waals surface area contributed by atoms with E-state index in [0.717, 1.165) is 10.7 Å². The van der Waals surface area contributed by atoms with Gasteiger partial charge in [-0.15, -0.1) is 0 Å². The summed E-state index contributed by atoms with van der Waals surface area (Å²) in [5, 5.41) is 2.68. The van der Waals surface area contributed by atoms with Gasteiger partial charge in [0.15, 0.2) is 0 Å². The third kappa shape index (κ3) is 8.82. The molecule has 0 amide bonds. The number of likely N-dealkylation sites (N-methyl/N-ethyl adjacent to an activating group) is 1. The van der Waals surface area contributed by atoms with Crippen LogP contribution in [0.25, 0.3) is 11.1 Å². The van der Waals surface area contributed by atoms with Crippen molar-refractivity contribution >= 4 is 19.4 Å². The molecule has 35 heavy (non-hydrogen) atoms. The Morgan fingerprint density at radius 1 is 1.17 bits per heavy atom. The average Bonchev–Trinajstić information content (AvgIpc) is 2.78. The number of halogens is 6. The van der Waals surface area contributed by atoms with Crippen molar-refractivity contribution in [1.29, 1.82) is 0 Å². The fraction of sp³-hybridized carbons (Fsp3) is 0.458. The molecule has 0 aromatic heterocycles. The van der Waals surface area contributed by atoms with Crippen LogP contribution in [0.5, 0.6) is 0 Å². The van der Waals surface area contributed by atoms with Crippen LogP contribution in [0.15, 0.2) is 42.5 Å². The van der Waals surface area contributed by atoms with Gasteiger partial charge in [-0.2, -0.15) is 12.6 Å². The molecule has 2 atom stereocenters. The average molecular weight is 524 g/mol. The Hall–Kier alpha value is -2.08. The summed E-state index contributed by atoms with van der Waals surface area (Å²) in [5.41, 5.74) is 6.37. The number of carbonyl (C=O) groups is 1. The molecular weight excluding hydrogens is 492 g/mol. The first-order valence-electron chi connectivity index (χ1n) is 10.8. The van der Waals surface area contributed by atoms with Gasteiger partial charge in [-0.1, -0.05) is 37.3 Å². The molecule has 2 aromatic carbocycles. The molecule has 3 rings (SSSR count). The Kier molecular flexibility index (Phi) is 12.3. The number of benzene rings is 2. The lowest BCUT2D eigenvalue weighted by Crippen LogP contribution is -2.64. The molecule has 3 N–H and O–H groups in total. The highest BCUT2D eigenvalue weighted by Gasteiger charge is 2.50. The number of alkyl halides is 4. The Bertz CT molecular complexity index is 926. The zero-order valence-corrected chi connectivity index (χ0v) is 20.5. The van der Waals surface area contributed by atoms with Gasteiger partial charge in [-0.25, -0.2) is 26.3 Å². The van der Waals surface area contributed by atoms with Crippen molar-refractivity contribution in [2.24, 2.45) is 5.73 Å². The van der Waals surface area contributed by atoms with Gasteiger partial charge in [-0.05, 0) is 42.5 Å². The van der Waals surface area contributed by atoms with Crippen LogP contribution in [0.3, 0.4) is 0 Å². The van der Waals surface area contributed by atoms with Crippen molar-refractivity contribution in [1.82, 2.24) is 10.2 Å². The molecule has 1 aliphatic rings. The first kappa shape index (κ1) is 31.0. The number of hydrogen-bond acceptors (Lipinski definition) is 5. The van der Waals surface area contributed by atoms with E-state index >= 15 is 4.39 Å². The molecule has 1 fully saturated rings. The minimum atomic E-state index is -3.46. The summed E-state index contributed by atoms with van der Waals surface area (Å²) < 4.78 is 83.5. The maximum absolute atomic E-state index is 15.0. The minimum absolute atomic E-state index is 0.137. The lowest BCUT2D eigenvalue weighted by Gasteiger charge is -2.42. The van der Waals surface area contributed by atoms with Crippen LogP contribution in [0.4, 0.5) is 26.3 Å². The third-order valence-corrected chi connectivity index (χ3v) is 5.29. The molecule has 4 nitrogen and oxygen atoms in total. The number of thiol groups is 1. The van der Waals surface area contributed by atoms with E-state index in [9.17, 15) is 22.0 Å². The van der Waals surface area contributed by atoms with Gasteiger partial charge in [-0.3, -0.25) is 4.90 Å². The summed E-state index contributed by atoms with van der Waals surface area (Å²) in [6.07, 6.45) is -0.154. The van der Waals surface area contributed by atoms with E-state index in [1.807, 2.05) is 13.7 Å². The second-order valence-corrected chi connectivity index (χ2v) is 8.62. The van der Waals surface area contributed by atoms with Gasteiger partial charge in [0, 0.05) is 11.6 Å². The van der Waals surface area contributed by atoms with Crippen molar-refractivity contribution in [2.75, 3.05) is 32.4 Å². The molecule has 2 aromatic rings. The maximum atomic E-state index is 15.0. The number of hydrogen-bond donors (Lipinski definition) is 3. The zero-order valence-electron chi connectivity index (χ0n) is 19.6. The van der Waals surface area contributed by atoms with Crippen LogP contribution >= 0.6 is 12.6 Å². The molecule has 0 spiro atoms. The Morgan fingerprint density at radius 2 is 1.74 bits per heavy atom. The van der Waals surface area contributed by atoms with E-state index in [0.29, 0.717) is 5.56 Å². The monoisotopic (exact) mass is 523 g/mol. The number of nitrogens with two attached hydrogens (primary N) is 1. The highest BCUT2D eigenvalue weighted by atomic mass is 32.1. The van der Waals surface area contributed by atoms with Crippen molar-refractivity contribution in [2.45, 2.75) is 37.3 Å². The fourth-order valence-electron chi connectivity index (χ4n) is 3.68. The number of carbonyl (C=O) groups excluding carboxylic acids is 1. The van der Waals surface area contributed by atoms with Crippen molar-refractivity contribution in [3.05, 3.63) is 59.7 Å². The van der Waals surface area contributed by atoms with E-state index in [4.69, 9.17) is 10.5 Å². The van der Waals surface area contributed by atoms with Crippen molar-refractivity contribution in [3.8, 4) is 11.1 Å². The lowest BCUT2D eigenvalue weighted by atomic mass is 9.92. The van der Waals surface area contributed by atoms with E-state index in [2.05, 4.69) is 17.9 Å². The first-order chi connectivity index (χ1) is 16.4. The molecule has 0 aliphatic carbocycles. The molecule has 0 radical (unpaired) electrons. The van der Waals surface area contributed by atoms with E-state index in [1.165, 1.54) is 37.4 Å². The summed E-state index contributed by atoms with van der Waals surface area (Å²) in [6.45, 7) is 1.63. The summed E-state index contributed by atoms with van der Waals surface area (Å²) >= 11 is 3.79. The predicted octanol–water partition coefficient (Wildman–Crippen LogP) is 4.43. The number of rotatable bonds is 8. The molecule has 11 heteroatoms. The molecular formula is C24H31F6N3OS. The number of nitrogens with zero attached hydrogens (tertiary/aromatic N) is 1. The van der Waals surface area contributed by atoms with Gasteiger partial charge in [0.25, 0.3) is 11.8 Å². The standard InChI is InChI=1S/C21H23F6N3.C2H6S.CH2O/c1-29-17(19(28)21(26,27)12-30-10-20(24,25)11-30)9-14-5-3-7-16(18(14)23)13-4-2-6-15(22)8-13;1-2-3;1-2/h2-8,17,19,29H,9-12,28H2,1H3;3H,2H2,1H3;1H2. The van der Waals surface area contributed by atoms with Crippen LogP contribution in [-0.4, -0.2) is 68.1 Å². The maximum Gasteiger partial charge on any atom is 0.276 e. The minimum Gasteiger partial charge on any atom is -0.321 e. The number of likely N-dealkylation sites (tertiary alicyclic amines) is 1. The van der Waals surface area contributed by atoms with Crippen LogP contribution < -0.4 is 11.1 Å². The predicted molar refractivity (Wildman–Crippen MR) is 129 cm³/mol. The van der Waals surface area contributed by atoms with Gasteiger partial charge in [0.2, 0.25) is 0 Å². The Balaban J connectivity index is 0.00000114. The molecule has 1 aliphatic heterocycles. The van der Waals surface area contributed by atoms with Crippen LogP contribution in [0.1, 0.15) is 12.5 Å². The van der Waals surface area contributed by atoms with Crippen molar-refractivity contribution < 1.29 is 31.1 Å². The first-order valence-corrected chi connectivity index (χ1v) is 11.4. The smallest absolute Gasteiger partial charge is 0.276 e. The SMILES string of the molecule is C=O.CCS.CNC(Cc1cccc(-c2cccc(F)c2)c1F)C(N)C(F)(F)CN1CC(F)(F)C1. The van der Waals surface area contributed by atoms with E-state index in [1.54, 1.807) is 12.1 Å². The molecule has 2 unspecified atom stereocenters. The fourth-order valence-corrected chi connectivity index (χ4v) is 3.68. The summed E-state index contributed by atoms with van der Waals surface area (Å²) in [7, 11) is 1.42. The van der Waals surface area contributed by atoms with Gasteiger partial charge >= 0.3 is 0 Å². The summed E-state index contributed by atoms with van der Waals surface area (Å²) in [5.74, 6) is -6.64. The lowest BCUT2D eigenvalue weighted by molar-refractivity contribution is -0.164. The van der Waals surface area contributed by atoms with Crippen LogP contribution in [-0.2, 0) is 11.2 Å². The quantitative estimate of drug-likeness (QED) is 0.354. The van der Waals surface area contributed by atoms with Gasteiger partial charge in [0.1, 0.15) is 18.4 Å². The summed E-state index contributed by atoms with van der Waals surface area (Å²) in [6, 6.07) is 7.14. The van der Waals surface area contributed by atoms with Crippen molar-refractivity contribution in [3.63, 3.8) is 0 Å².